The number of ether oxygens (including phenoxy) is 2. The highest BCUT2D eigenvalue weighted by molar-refractivity contribution is 9.10. The summed E-state index contributed by atoms with van der Waals surface area (Å²) in [6.07, 6.45) is 5.60. The Labute approximate surface area is 133 Å². The first-order valence-corrected chi connectivity index (χ1v) is 8.18. The Balaban J connectivity index is 1.98. The quantitative estimate of drug-likeness (QED) is 0.546. The van der Waals surface area contributed by atoms with Gasteiger partial charge in [-0.3, -0.25) is 0 Å². The van der Waals surface area contributed by atoms with Gasteiger partial charge in [0.2, 0.25) is 0 Å². The van der Waals surface area contributed by atoms with E-state index in [1.807, 2.05) is 0 Å². The second-order valence-corrected chi connectivity index (χ2v) is 6.12. The van der Waals surface area contributed by atoms with E-state index in [0.29, 0.717) is 37.3 Å². The maximum Gasteiger partial charge on any atom is 0.147 e. The van der Waals surface area contributed by atoms with Gasteiger partial charge in [0.1, 0.15) is 11.0 Å². The molecule has 0 saturated heterocycles. The van der Waals surface area contributed by atoms with E-state index in [1.54, 1.807) is 7.11 Å². The van der Waals surface area contributed by atoms with Crippen molar-refractivity contribution in [1.29, 1.82) is 0 Å². The summed E-state index contributed by atoms with van der Waals surface area (Å²) < 4.78 is 11.2. The summed E-state index contributed by atoms with van der Waals surface area (Å²) in [6, 6.07) is 0. The zero-order valence-electron chi connectivity index (χ0n) is 11.7. The molecule has 20 heavy (non-hydrogen) atoms. The SMILES string of the molecule is COCCOCCc1nc(Cl)c(Br)c(C2CCCC2)n1. The lowest BCUT2D eigenvalue weighted by Crippen LogP contribution is -2.10. The molecule has 112 valence electrons. The Kier molecular flexibility index (Phi) is 6.68. The van der Waals surface area contributed by atoms with Crippen LogP contribution in [-0.4, -0.2) is 36.9 Å². The molecular formula is C14H20BrClN2O2. The molecule has 6 heteroatoms. The minimum atomic E-state index is 0.508. The van der Waals surface area contributed by atoms with Crippen molar-refractivity contribution in [1.82, 2.24) is 9.97 Å². The Hall–Kier alpha value is -0.230. The van der Waals surface area contributed by atoms with E-state index in [2.05, 4.69) is 25.9 Å². The highest BCUT2D eigenvalue weighted by Gasteiger charge is 2.23. The topological polar surface area (TPSA) is 44.2 Å². The van der Waals surface area contributed by atoms with E-state index < -0.39 is 0 Å². The van der Waals surface area contributed by atoms with Gasteiger partial charge in [-0.05, 0) is 28.8 Å². The van der Waals surface area contributed by atoms with Crippen LogP contribution in [0, 0.1) is 0 Å². The number of halogens is 2. The standard InChI is InChI=1S/C14H20BrClN2O2/c1-19-8-9-20-7-6-11-17-13(10-4-2-3-5-10)12(15)14(16)18-11/h10H,2-9H2,1H3. The summed E-state index contributed by atoms with van der Waals surface area (Å²) >= 11 is 9.72. The molecule has 0 N–H and O–H groups in total. The normalized spacial score (nSPS) is 15.9. The second-order valence-electron chi connectivity index (χ2n) is 4.97. The van der Waals surface area contributed by atoms with Gasteiger partial charge in [-0.15, -0.1) is 0 Å². The maximum atomic E-state index is 6.20. The largest absolute Gasteiger partial charge is 0.382 e. The van der Waals surface area contributed by atoms with Crippen LogP contribution in [0.25, 0.3) is 0 Å². The molecule has 0 radical (unpaired) electrons. The molecule has 0 bridgehead atoms. The average molecular weight is 364 g/mol. The third-order valence-electron chi connectivity index (χ3n) is 3.53. The monoisotopic (exact) mass is 362 g/mol. The molecule has 1 aromatic rings. The van der Waals surface area contributed by atoms with Crippen LogP contribution in [0.3, 0.4) is 0 Å². The minimum absolute atomic E-state index is 0.508. The van der Waals surface area contributed by atoms with E-state index in [9.17, 15) is 0 Å². The Morgan fingerprint density at radius 1 is 1.20 bits per heavy atom. The van der Waals surface area contributed by atoms with Crippen LogP contribution >= 0.6 is 27.5 Å². The van der Waals surface area contributed by atoms with Crippen molar-refractivity contribution in [3.05, 3.63) is 21.1 Å². The molecule has 0 spiro atoms. The lowest BCUT2D eigenvalue weighted by atomic mass is 10.0. The molecule has 0 aliphatic heterocycles. The predicted molar refractivity (Wildman–Crippen MR) is 82.4 cm³/mol. The van der Waals surface area contributed by atoms with Crippen LogP contribution in [-0.2, 0) is 15.9 Å². The summed E-state index contributed by atoms with van der Waals surface area (Å²) in [5.74, 6) is 1.27. The maximum absolute atomic E-state index is 6.20. The second kappa shape index (κ2) is 8.27. The van der Waals surface area contributed by atoms with Crippen molar-refractivity contribution in [2.75, 3.05) is 26.9 Å². The molecule has 4 nitrogen and oxygen atoms in total. The van der Waals surface area contributed by atoms with E-state index in [4.69, 9.17) is 21.1 Å². The molecule has 0 aromatic carbocycles. The van der Waals surface area contributed by atoms with E-state index >= 15 is 0 Å². The van der Waals surface area contributed by atoms with Crippen molar-refractivity contribution >= 4 is 27.5 Å². The zero-order valence-corrected chi connectivity index (χ0v) is 14.0. The molecule has 1 aliphatic rings. The molecule has 1 heterocycles. The van der Waals surface area contributed by atoms with Crippen molar-refractivity contribution in [2.24, 2.45) is 0 Å². The fraction of sp³-hybridized carbons (Fsp3) is 0.714. The first kappa shape index (κ1) is 16.1. The van der Waals surface area contributed by atoms with Crippen molar-refractivity contribution < 1.29 is 9.47 Å². The molecule has 2 rings (SSSR count). The average Bonchev–Trinajstić information content (AvgIpc) is 2.96. The van der Waals surface area contributed by atoms with Crippen LogP contribution in [0.2, 0.25) is 5.15 Å². The Bertz CT molecular complexity index is 439. The van der Waals surface area contributed by atoms with Gasteiger partial charge in [0.05, 0.1) is 30.0 Å². The molecule has 0 amide bonds. The molecule has 1 aliphatic carbocycles. The molecule has 0 unspecified atom stereocenters. The van der Waals surface area contributed by atoms with Gasteiger partial charge in [-0.25, -0.2) is 9.97 Å². The molecule has 1 fully saturated rings. The molecule has 0 atom stereocenters. The van der Waals surface area contributed by atoms with Crippen LogP contribution < -0.4 is 0 Å². The molecule has 1 saturated carbocycles. The van der Waals surface area contributed by atoms with Crippen LogP contribution in [0.15, 0.2) is 4.47 Å². The van der Waals surface area contributed by atoms with E-state index in [1.165, 1.54) is 25.7 Å². The van der Waals surface area contributed by atoms with Gasteiger partial charge in [-0.1, -0.05) is 24.4 Å². The smallest absolute Gasteiger partial charge is 0.147 e. The first-order valence-electron chi connectivity index (χ1n) is 7.01. The third kappa shape index (κ3) is 4.38. The van der Waals surface area contributed by atoms with Gasteiger partial charge < -0.3 is 9.47 Å². The number of hydrogen-bond acceptors (Lipinski definition) is 4. The Morgan fingerprint density at radius 2 is 1.95 bits per heavy atom. The minimum Gasteiger partial charge on any atom is -0.382 e. The number of aromatic nitrogens is 2. The van der Waals surface area contributed by atoms with E-state index in [-0.39, 0.29) is 0 Å². The van der Waals surface area contributed by atoms with Gasteiger partial charge in [0.25, 0.3) is 0 Å². The van der Waals surface area contributed by atoms with Crippen LogP contribution in [0.4, 0.5) is 0 Å². The lowest BCUT2D eigenvalue weighted by molar-refractivity contribution is 0.0716. The number of rotatable bonds is 7. The predicted octanol–water partition coefficient (Wildman–Crippen LogP) is 3.76. The first-order chi connectivity index (χ1) is 9.72. The summed E-state index contributed by atoms with van der Waals surface area (Å²) in [4.78, 5) is 9.00. The molecular weight excluding hydrogens is 344 g/mol. The zero-order chi connectivity index (χ0) is 14.4. The highest BCUT2D eigenvalue weighted by Crippen LogP contribution is 2.38. The number of hydrogen-bond donors (Lipinski definition) is 0. The highest BCUT2D eigenvalue weighted by atomic mass is 79.9. The van der Waals surface area contributed by atoms with Gasteiger partial charge in [-0.2, -0.15) is 0 Å². The lowest BCUT2D eigenvalue weighted by Gasteiger charge is -2.13. The summed E-state index contributed by atoms with van der Waals surface area (Å²) in [5.41, 5.74) is 1.06. The number of nitrogens with zero attached hydrogens (tertiary/aromatic N) is 2. The number of methoxy groups -OCH3 is 1. The van der Waals surface area contributed by atoms with Gasteiger partial charge in [0, 0.05) is 19.4 Å². The van der Waals surface area contributed by atoms with Crippen molar-refractivity contribution in [3.63, 3.8) is 0 Å². The van der Waals surface area contributed by atoms with Gasteiger partial charge >= 0.3 is 0 Å². The summed E-state index contributed by atoms with van der Waals surface area (Å²) in [5, 5.41) is 0.508. The third-order valence-corrected chi connectivity index (χ3v) is 4.81. The van der Waals surface area contributed by atoms with Crippen LogP contribution in [0.5, 0.6) is 0 Å². The summed E-state index contributed by atoms with van der Waals surface area (Å²) in [7, 11) is 1.66. The summed E-state index contributed by atoms with van der Waals surface area (Å²) in [6.45, 7) is 1.79. The van der Waals surface area contributed by atoms with Gasteiger partial charge in [0.15, 0.2) is 0 Å². The molecule has 1 aromatic heterocycles. The van der Waals surface area contributed by atoms with Crippen LogP contribution in [0.1, 0.15) is 43.1 Å². The van der Waals surface area contributed by atoms with E-state index in [0.717, 1.165) is 16.0 Å². The fourth-order valence-corrected chi connectivity index (χ4v) is 3.17. The fourth-order valence-electron chi connectivity index (χ4n) is 2.47. The Morgan fingerprint density at radius 3 is 2.65 bits per heavy atom. The van der Waals surface area contributed by atoms with Crippen molar-refractivity contribution in [3.8, 4) is 0 Å². The van der Waals surface area contributed by atoms with Crippen molar-refractivity contribution in [2.45, 2.75) is 38.0 Å².